The molecule has 2 aromatic rings. The van der Waals surface area contributed by atoms with Gasteiger partial charge in [0, 0.05) is 37.0 Å². The van der Waals surface area contributed by atoms with Crippen LogP contribution in [0.5, 0.6) is 0 Å². The number of hydrogen-bond acceptors (Lipinski definition) is 3. The van der Waals surface area contributed by atoms with Crippen LogP contribution in [-0.2, 0) is 11.2 Å². The Morgan fingerprint density at radius 3 is 2.41 bits per heavy atom. The fourth-order valence-corrected chi connectivity index (χ4v) is 4.32. The standard InChI is InChI=1S/C25H28F3N3O3/c1-14-9-16-12-17(30-24(34)29-4)6-7-18(16)23(31(14)13-25(2,3)28)22-19(26)10-15(11-20(22)27)5-8-21(32)33/h5-8,10-12,14,23H,9,13H2,1-4H3,(H,32,33)(H2,29,30,34)/b8-5+/t14-,23+/m0/s1. The number of aliphatic carboxylic acids is 1. The van der Waals surface area contributed by atoms with Gasteiger partial charge in [-0.1, -0.05) is 6.07 Å². The molecule has 182 valence electrons. The highest BCUT2D eigenvalue weighted by Gasteiger charge is 2.39. The quantitative estimate of drug-likeness (QED) is 0.519. The van der Waals surface area contributed by atoms with Crippen molar-refractivity contribution in [3.63, 3.8) is 0 Å². The number of alkyl halides is 1. The molecule has 0 aromatic heterocycles. The maximum Gasteiger partial charge on any atom is 0.328 e. The average Bonchev–Trinajstić information content (AvgIpc) is 2.72. The van der Waals surface area contributed by atoms with Gasteiger partial charge in [-0.2, -0.15) is 0 Å². The van der Waals surface area contributed by atoms with Crippen molar-refractivity contribution in [3.8, 4) is 0 Å². The van der Waals surface area contributed by atoms with Crippen LogP contribution in [0.15, 0.2) is 36.4 Å². The summed E-state index contributed by atoms with van der Waals surface area (Å²) in [5.41, 5.74) is 0.120. The third kappa shape index (κ3) is 5.77. The third-order valence-corrected chi connectivity index (χ3v) is 5.69. The highest BCUT2D eigenvalue weighted by atomic mass is 19.1. The molecule has 9 heteroatoms. The number of rotatable bonds is 6. The average molecular weight is 476 g/mol. The number of nitrogens with one attached hydrogen (secondary N) is 2. The molecular weight excluding hydrogens is 447 g/mol. The molecule has 1 aliphatic heterocycles. The first kappa shape index (κ1) is 25.3. The van der Waals surface area contributed by atoms with Gasteiger partial charge in [-0.25, -0.2) is 22.8 Å². The first-order valence-corrected chi connectivity index (χ1v) is 10.9. The van der Waals surface area contributed by atoms with E-state index in [1.54, 1.807) is 23.1 Å². The largest absolute Gasteiger partial charge is 0.478 e. The number of amides is 2. The molecule has 2 amide bonds. The topological polar surface area (TPSA) is 81.7 Å². The van der Waals surface area contributed by atoms with Crippen molar-refractivity contribution in [2.45, 2.75) is 44.9 Å². The van der Waals surface area contributed by atoms with Gasteiger partial charge in [-0.15, -0.1) is 0 Å². The number of benzene rings is 2. The minimum absolute atomic E-state index is 0.0595. The zero-order chi connectivity index (χ0) is 25.2. The molecule has 0 bridgehead atoms. The number of nitrogens with zero attached hydrogens (tertiary/aromatic N) is 1. The lowest BCUT2D eigenvalue weighted by atomic mass is 9.83. The molecule has 1 aliphatic rings. The van der Waals surface area contributed by atoms with Gasteiger partial charge >= 0.3 is 12.0 Å². The number of anilines is 1. The summed E-state index contributed by atoms with van der Waals surface area (Å²) >= 11 is 0. The Balaban J connectivity index is 2.15. The van der Waals surface area contributed by atoms with Crippen LogP contribution in [-0.4, -0.2) is 47.3 Å². The lowest BCUT2D eigenvalue weighted by Gasteiger charge is -2.44. The van der Waals surface area contributed by atoms with E-state index in [-0.39, 0.29) is 23.7 Å². The number of hydrogen-bond donors (Lipinski definition) is 3. The van der Waals surface area contributed by atoms with Gasteiger partial charge < -0.3 is 15.7 Å². The molecule has 34 heavy (non-hydrogen) atoms. The van der Waals surface area contributed by atoms with Gasteiger partial charge in [0.05, 0.1) is 6.04 Å². The van der Waals surface area contributed by atoms with E-state index in [0.717, 1.165) is 29.8 Å². The first-order chi connectivity index (χ1) is 15.9. The van der Waals surface area contributed by atoms with E-state index in [9.17, 15) is 14.0 Å². The van der Waals surface area contributed by atoms with Gasteiger partial charge in [-0.3, -0.25) is 4.90 Å². The molecule has 2 aromatic carbocycles. The molecule has 0 radical (unpaired) electrons. The Kier molecular flexibility index (Phi) is 7.35. The Labute approximate surface area is 196 Å². The molecule has 1 heterocycles. The van der Waals surface area contributed by atoms with E-state index in [1.807, 2.05) is 6.92 Å². The fraction of sp³-hybridized carbons (Fsp3) is 0.360. The van der Waals surface area contributed by atoms with Crippen molar-refractivity contribution in [1.29, 1.82) is 0 Å². The lowest BCUT2D eigenvalue weighted by molar-refractivity contribution is -0.131. The highest BCUT2D eigenvalue weighted by molar-refractivity contribution is 5.89. The molecule has 0 saturated heterocycles. The second kappa shape index (κ2) is 9.89. The van der Waals surface area contributed by atoms with E-state index < -0.39 is 35.3 Å². The van der Waals surface area contributed by atoms with Crippen molar-refractivity contribution < 1.29 is 27.9 Å². The third-order valence-electron chi connectivity index (χ3n) is 5.69. The minimum Gasteiger partial charge on any atom is -0.478 e. The minimum atomic E-state index is -1.62. The Morgan fingerprint density at radius 1 is 1.21 bits per heavy atom. The van der Waals surface area contributed by atoms with E-state index in [2.05, 4.69) is 10.6 Å². The van der Waals surface area contributed by atoms with Crippen molar-refractivity contribution >= 4 is 23.8 Å². The first-order valence-electron chi connectivity index (χ1n) is 10.9. The Bertz CT molecular complexity index is 1110. The molecule has 0 saturated carbocycles. The van der Waals surface area contributed by atoms with Gasteiger partial charge in [0.15, 0.2) is 0 Å². The number of urea groups is 1. The van der Waals surface area contributed by atoms with Crippen molar-refractivity contribution in [1.82, 2.24) is 10.2 Å². The molecule has 0 fully saturated rings. The molecule has 2 atom stereocenters. The fourth-order valence-electron chi connectivity index (χ4n) is 4.32. The van der Waals surface area contributed by atoms with Crippen LogP contribution in [0, 0.1) is 11.6 Å². The number of carboxylic acid groups (broad SMARTS) is 1. The normalized spacial score (nSPS) is 18.6. The summed E-state index contributed by atoms with van der Waals surface area (Å²) in [4.78, 5) is 24.2. The van der Waals surface area contributed by atoms with Crippen LogP contribution >= 0.6 is 0 Å². The van der Waals surface area contributed by atoms with E-state index >= 15 is 8.78 Å². The highest BCUT2D eigenvalue weighted by Crippen LogP contribution is 2.42. The van der Waals surface area contributed by atoms with E-state index in [0.29, 0.717) is 17.7 Å². The number of carboxylic acids is 1. The van der Waals surface area contributed by atoms with Crippen LogP contribution in [0.3, 0.4) is 0 Å². The second-order valence-corrected chi connectivity index (χ2v) is 9.03. The number of carbonyl (C=O) groups is 2. The summed E-state index contributed by atoms with van der Waals surface area (Å²) in [6.07, 6.45) is 2.40. The Morgan fingerprint density at radius 2 is 1.85 bits per heavy atom. The summed E-state index contributed by atoms with van der Waals surface area (Å²) in [7, 11) is 1.49. The molecule has 3 rings (SSSR count). The van der Waals surface area contributed by atoms with Gasteiger partial charge in [0.1, 0.15) is 17.3 Å². The van der Waals surface area contributed by atoms with E-state index in [1.165, 1.54) is 20.9 Å². The van der Waals surface area contributed by atoms with Crippen LogP contribution < -0.4 is 10.6 Å². The van der Waals surface area contributed by atoms with Gasteiger partial charge in [-0.05, 0) is 74.2 Å². The molecular formula is C25H28F3N3O3. The van der Waals surface area contributed by atoms with E-state index in [4.69, 9.17) is 5.11 Å². The predicted octanol–water partition coefficient (Wildman–Crippen LogP) is 4.90. The SMILES string of the molecule is CNC(=O)Nc1ccc2c(c1)C[C@H](C)N(CC(C)(C)F)[C@H]2c1c(F)cc(/C=C/C(=O)O)cc1F. The summed E-state index contributed by atoms with van der Waals surface area (Å²) in [5.74, 6) is -2.95. The van der Waals surface area contributed by atoms with Crippen molar-refractivity contribution in [2.75, 3.05) is 18.9 Å². The summed E-state index contributed by atoms with van der Waals surface area (Å²) in [5, 5.41) is 14.0. The van der Waals surface area contributed by atoms with Crippen LogP contribution in [0.4, 0.5) is 23.7 Å². The van der Waals surface area contributed by atoms with Crippen LogP contribution in [0.25, 0.3) is 6.08 Å². The van der Waals surface area contributed by atoms with Crippen LogP contribution in [0.2, 0.25) is 0 Å². The zero-order valence-electron chi connectivity index (χ0n) is 19.5. The molecule has 6 nitrogen and oxygen atoms in total. The predicted molar refractivity (Wildman–Crippen MR) is 124 cm³/mol. The number of carbonyl (C=O) groups excluding carboxylic acids is 1. The van der Waals surface area contributed by atoms with Crippen molar-refractivity contribution in [3.05, 3.63) is 70.3 Å². The monoisotopic (exact) mass is 475 g/mol. The number of halogens is 3. The lowest BCUT2D eigenvalue weighted by Crippen LogP contribution is -2.48. The second-order valence-electron chi connectivity index (χ2n) is 9.03. The summed E-state index contributed by atoms with van der Waals surface area (Å²) < 4.78 is 45.4. The zero-order valence-corrected chi connectivity index (χ0v) is 19.5. The summed E-state index contributed by atoms with van der Waals surface area (Å²) in [6.45, 7) is 4.63. The summed E-state index contributed by atoms with van der Waals surface area (Å²) in [6, 6.07) is 5.64. The maximum atomic E-state index is 15.3. The van der Waals surface area contributed by atoms with Crippen molar-refractivity contribution in [2.24, 2.45) is 0 Å². The molecule has 0 unspecified atom stereocenters. The van der Waals surface area contributed by atoms with Gasteiger partial charge in [0.25, 0.3) is 0 Å². The Hall–Kier alpha value is -3.33. The molecule has 0 spiro atoms. The number of fused-ring (bicyclic) bond motifs is 1. The van der Waals surface area contributed by atoms with Gasteiger partial charge in [0.2, 0.25) is 0 Å². The molecule has 0 aliphatic carbocycles. The maximum absolute atomic E-state index is 15.3. The smallest absolute Gasteiger partial charge is 0.328 e. The molecule has 3 N–H and O–H groups in total. The van der Waals surface area contributed by atoms with Crippen LogP contribution in [0.1, 0.15) is 49.1 Å².